The van der Waals surface area contributed by atoms with Crippen LogP contribution in [0.2, 0.25) is 0 Å². The van der Waals surface area contributed by atoms with Crippen LogP contribution in [0.25, 0.3) is 39.1 Å². The second-order valence-corrected chi connectivity index (χ2v) is 6.23. The van der Waals surface area contributed by atoms with Crippen LogP contribution in [0.3, 0.4) is 0 Å². The molecule has 0 fully saturated rings. The molecule has 130 valence electrons. The van der Waals surface area contributed by atoms with Gasteiger partial charge in [-0.1, -0.05) is 12.1 Å². The third-order valence-corrected chi connectivity index (χ3v) is 4.56. The summed E-state index contributed by atoms with van der Waals surface area (Å²) in [6.45, 7) is 0. The van der Waals surface area contributed by atoms with E-state index in [1.807, 2.05) is 34.9 Å². The normalized spacial score (nSPS) is 11.3. The first kappa shape index (κ1) is 15.5. The molecule has 0 bridgehead atoms. The van der Waals surface area contributed by atoms with Crippen LogP contribution in [0.4, 0.5) is 10.2 Å². The summed E-state index contributed by atoms with van der Waals surface area (Å²) in [5, 5.41) is 1.02. The molecule has 0 spiro atoms. The molecule has 3 heterocycles. The molecule has 0 aliphatic carbocycles. The Morgan fingerprint density at radius 3 is 2.56 bits per heavy atom. The number of nitrogen functional groups attached to an aromatic ring is 1. The van der Waals surface area contributed by atoms with Crippen LogP contribution < -0.4 is 5.73 Å². The minimum atomic E-state index is -0.297. The molecule has 0 saturated carbocycles. The molecule has 2 N–H and O–H groups in total. The summed E-state index contributed by atoms with van der Waals surface area (Å²) >= 11 is 0. The molecule has 5 aromatic rings. The van der Waals surface area contributed by atoms with Gasteiger partial charge in [-0.2, -0.15) is 0 Å². The SMILES string of the molecule is Nc1nc(-c2ccc(F)cc2)c(-c2ccc3ncccc3c2)n2ccnc12. The second-order valence-electron chi connectivity index (χ2n) is 6.23. The molecule has 27 heavy (non-hydrogen) atoms. The van der Waals surface area contributed by atoms with Gasteiger partial charge in [0.2, 0.25) is 0 Å². The molecule has 0 aliphatic heterocycles. The van der Waals surface area contributed by atoms with Crippen molar-refractivity contribution in [3.8, 4) is 22.5 Å². The first-order valence-electron chi connectivity index (χ1n) is 8.44. The zero-order valence-corrected chi connectivity index (χ0v) is 14.2. The molecule has 0 aliphatic rings. The number of anilines is 1. The van der Waals surface area contributed by atoms with Crippen molar-refractivity contribution in [1.82, 2.24) is 19.4 Å². The lowest BCUT2D eigenvalue weighted by molar-refractivity contribution is 0.628. The van der Waals surface area contributed by atoms with E-state index in [1.54, 1.807) is 24.5 Å². The van der Waals surface area contributed by atoms with E-state index in [0.717, 1.165) is 27.7 Å². The van der Waals surface area contributed by atoms with Crippen LogP contribution in [-0.2, 0) is 0 Å². The fourth-order valence-corrected chi connectivity index (χ4v) is 3.32. The van der Waals surface area contributed by atoms with Gasteiger partial charge in [0.05, 0.1) is 16.9 Å². The lowest BCUT2D eigenvalue weighted by Gasteiger charge is -2.14. The van der Waals surface area contributed by atoms with Crippen molar-refractivity contribution in [2.45, 2.75) is 0 Å². The van der Waals surface area contributed by atoms with Gasteiger partial charge in [-0.25, -0.2) is 14.4 Å². The number of hydrogen-bond donors (Lipinski definition) is 1. The molecule has 0 atom stereocenters. The van der Waals surface area contributed by atoms with Gasteiger partial charge in [-0.3, -0.25) is 9.38 Å². The molecule has 0 saturated heterocycles. The second kappa shape index (κ2) is 5.88. The fourth-order valence-electron chi connectivity index (χ4n) is 3.32. The van der Waals surface area contributed by atoms with Gasteiger partial charge < -0.3 is 5.73 Å². The summed E-state index contributed by atoms with van der Waals surface area (Å²) in [6, 6.07) is 16.2. The Hall–Kier alpha value is -3.80. The highest BCUT2D eigenvalue weighted by Gasteiger charge is 2.17. The van der Waals surface area contributed by atoms with E-state index in [9.17, 15) is 4.39 Å². The van der Waals surface area contributed by atoms with Crippen LogP contribution in [0.15, 0.2) is 73.2 Å². The minimum absolute atomic E-state index is 0.297. The van der Waals surface area contributed by atoms with E-state index in [4.69, 9.17) is 5.73 Å². The van der Waals surface area contributed by atoms with E-state index in [2.05, 4.69) is 21.0 Å². The average molecular weight is 355 g/mol. The van der Waals surface area contributed by atoms with Crippen LogP contribution in [0.5, 0.6) is 0 Å². The van der Waals surface area contributed by atoms with Crippen molar-refractivity contribution in [3.05, 3.63) is 79.0 Å². The van der Waals surface area contributed by atoms with E-state index in [-0.39, 0.29) is 5.82 Å². The summed E-state index contributed by atoms with van der Waals surface area (Å²) in [4.78, 5) is 13.3. The maximum Gasteiger partial charge on any atom is 0.180 e. The van der Waals surface area contributed by atoms with Gasteiger partial charge >= 0.3 is 0 Å². The van der Waals surface area contributed by atoms with Crippen LogP contribution in [0.1, 0.15) is 0 Å². The van der Waals surface area contributed by atoms with E-state index < -0.39 is 0 Å². The molecular weight excluding hydrogens is 341 g/mol. The number of benzene rings is 2. The van der Waals surface area contributed by atoms with Crippen molar-refractivity contribution in [1.29, 1.82) is 0 Å². The Labute approximate surface area is 154 Å². The first-order chi connectivity index (χ1) is 13.2. The predicted octanol–water partition coefficient (Wildman–Crippen LogP) is 4.33. The monoisotopic (exact) mass is 355 g/mol. The minimum Gasteiger partial charge on any atom is -0.381 e. The van der Waals surface area contributed by atoms with Crippen LogP contribution in [-0.4, -0.2) is 19.4 Å². The number of fused-ring (bicyclic) bond motifs is 2. The molecule has 0 radical (unpaired) electrons. The Morgan fingerprint density at radius 2 is 1.70 bits per heavy atom. The molecule has 6 heteroatoms. The van der Waals surface area contributed by atoms with Crippen molar-refractivity contribution < 1.29 is 4.39 Å². The van der Waals surface area contributed by atoms with E-state index in [1.165, 1.54) is 12.1 Å². The summed E-state index contributed by atoms with van der Waals surface area (Å²) < 4.78 is 15.3. The Balaban J connectivity index is 1.85. The molecule has 5 rings (SSSR count). The number of nitrogens with zero attached hydrogens (tertiary/aromatic N) is 4. The number of nitrogens with two attached hydrogens (primary N) is 1. The molecule has 2 aromatic carbocycles. The van der Waals surface area contributed by atoms with Crippen molar-refractivity contribution in [2.24, 2.45) is 0 Å². The van der Waals surface area contributed by atoms with Gasteiger partial charge in [0.1, 0.15) is 5.82 Å². The predicted molar refractivity (Wildman–Crippen MR) is 104 cm³/mol. The van der Waals surface area contributed by atoms with E-state index in [0.29, 0.717) is 17.2 Å². The highest BCUT2D eigenvalue weighted by molar-refractivity contribution is 5.89. The van der Waals surface area contributed by atoms with Crippen molar-refractivity contribution >= 4 is 22.4 Å². The molecule has 5 nitrogen and oxygen atoms in total. The number of hydrogen-bond acceptors (Lipinski definition) is 4. The van der Waals surface area contributed by atoms with Crippen LogP contribution in [0, 0.1) is 5.82 Å². The Kier molecular flexibility index (Phi) is 3.36. The lowest BCUT2D eigenvalue weighted by Crippen LogP contribution is -2.03. The molecule has 3 aromatic heterocycles. The maximum atomic E-state index is 13.4. The zero-order valence-electron chi connectivity index (χ0n) is 14.2. The lowest BCUT2D eigenvalue weighted by atomic mass is 10.0. The van der Waals surface area contributed by atoms with Gasteiger partial charge in [-0.05, 0) is 42.5 Å². The molecule has 0 amide bonds. The summed E-state index contributed by atoms with van der Waals surface area (Å²) in [5.41, 5.74) is 10.9. The maximum absolute atomic E-state index is 13.4. The van der Waals surface area contributed by atoms with Gasteiger partial charge in [0, 0.05) is 35.1 Å². The number of pyridine rings is 1. The average Bonchev–Trinajstić information content (AvgIpc) is 3.18. The number of rotatable bonds is 2. The van der Waals surface area contributed by atoms with Crippen molar-refractivity contribution in [3.63, 3.8) is 0 Å². The third-order valence-electron chi connectivity index (χ3n) is 4.56. The third kappa shape index (κ3) is 2.50. The topological polar surface area (TPSA) is 69.1 Å². The number of halogens is 1. The van der Waals surface area contributed by atoms with E-state index >= 15 is 0 Å². The standard InChI is InChI=1S/C21H14FN5/c22-16-6-3-13(4-7-16)18-19(27-11-10-25-21(27)20(23)26-18)15-5-8-17-14(12-15)2-1-9-24-17/h1-12H,(H2,23,26). The largest absolute Gasteiger partial charge is 0.381 e. The zero-order chi connectivity index (χ0) is 18.4. The number of imidazole rings is 1. The van der Waals surface area contributed by atoms with Gasteiger partial charge in [0.15, 0.2) is 11.5 Å². The highest BCUT2D eigenvalue weighted by atomic mass is 19.1. The van der Waals surface area contributed by atoms with Gasteiger partial charge in [0.25, 0.3) is 0 Å². The Bertz CT molecular complexity index is 1290. The van der Waals surface area contributed by atoms with Crippen LogP contribution >= 0.6 is 0 Å². The highest BCUT2D eigenvalue weighted by Crippen LogP contribution is 2.34. The summed E-state index contributed by atoms with van der Waals surface area (Å²) in [6.07, 6.45) is 5.31. The summed E-state index contributed by atoms with van der Waals surface area (Å²) in [5.74, 6) is 0.0271. The number of aromatic nitrogens is 4. The molecule has 0 unspecified atom stereocenters. The first-order valence-corrected chi connectivity index (χ1v) is 8.44. The smallest absolute Gasteiger partial charge is 0.180 e. The molecular formula is C21H14FN5. The Morgan fingerprint density at radius 1 is 0.889 bits per heavy atom. The summed E-state index contributed by atoms with van der Waals surface area (Å²) in [7, 11) is 0. The van der Waals surface area contributed by atoms with Gasteiger partial charge in [-0.15, -0.1) is 0 Å². The fraction of sp³-hybridized carbons (Fsp3) is 0. The quantitative estimate of drug-likeness (QED) is 0.512. The van der Waals surface area contributed by atoms with Crippen molar-refractivity contribution in [2.75, 3.05) is 5.73 Å².